The molecule has 0 N–H and O–H groups in total. The predicted molar refractivity (Wildman–Crippen MR) is 64.0 cm³/mol. The van der Waals surface area contributed by atoms with E-state index in [1.54, 1.807) is 6.20 Å². The smallest absolute Gasteiger partial charge is 0.316 e. The highest BCUT2D eigenvalue weighted by molar-refractivity contribution is 5.21. The molecule has 0 spiro atoms. The largest absolute Gasteiger partial charge is 0.487 e. The van der Waals surface area contributed by atoms with E-state index in [0.29, 0.717) is 19.2 Å². The van der Waals surface area contributed by atoms with Gasteiger partial charge in [-0.1, -0.05) is 18.2 Å². The van der Waals surface area contributed by atoms with E-state index < -0.39 is 0 Å². The maximum atomic E-state index is 5.58. The van der Waals surface area contributed by atoms with E-state index in [1.165, 1.54) is 0 Å². The lowest BCUT2D eigenvalue weighted by atomic mass is 10.3. The molecule has 0 amide bonds. The lowest BCUT2D eigenvalue weighted by molar-refractivity contribution is 0.287. The van der Waals surface area contributed by atoms with Gasteiger partial charge in [0.05, 0.1) is 12.3 Å². The van der Waals surface area contributed by atoms with Crippen LogP contribution < -0.4 is 9.47 Å². The van der Waals surface area contributed by atoms with Crippen molar-refractivity contribution in [1.29, 1.82) is 0 Å². The summed E-state index contributed by atoms with van der Waals surface area (Å²) in [6, 6.07) is 11.8. The SMILES string of the molecule is CCOc1nccc(COc2ccccc2)n1. The molecule has 0 bridgehead atoms. The average molecular weight is 230 g/mol. The second-order valence-corrected chi connectivity index (χ2v) is 3.37. The molecule has 4 heteroatoms. The molecule has 0 radical (unpaired) electrons. The minimum absolute atomic E-state index is 0.390. The number of para-hydroxylation sites is 1. The Hall–Kier alpha value is -2.10. The monoisotopic (exact) mass is 230 g/mol. The highest BCUT2D eigenvalue weighted by Crippen LogP contribution is 2.11. The lowest BCUT2D eigenvalue weighted by Gasteiger charge is -2.06. The zero-order valence-electron chi connectivity index (χ0n) is 9.67. The van der Waals surface area contributed by atoms with Crippen LogP contribution in [0.1, 0.15) is 12.6 Å². The van der Waals surface area contributed by atoms with Crippen LogP contribution in [-0.2, 0) is 6.61 Å². The molecule has 1 aromatic carbocycles. The van der Waals surface area contributed by atoms with Crippen molar-refractivity contribution in [3.8, 4) is 11.8 Å². The van der Waals surface area contributed by atoms with Crippen LogP contribution in [0.2, 0.25) is 0 Å². The third-order valence-electron chi connectivity index (χ3n) is 2.09. The molecule has 0 fully saturated rings. The van der Waals surface area contributed by atoms with Crippen molar-refractivity contribution in [2.45, 2.75) is 13.5 Å². The van der Waals surface area contributed by atoms with Crippen molar-refractivity contribution in [2.75, 3.05) is 6.61 Å². The summed E-state index contributed by atoms with van der Waals surface area (Å²) in [6.45, 7) is 2.87. The quantitative estimate of drug-likeness (QED) is 0.791. The summed E-state index contributed by atoms with van der Waals surface area (Å²) in [5.41, 5.74) is 0.798. The Labute approximate surface area is 100 Å². The van der Waals surface area contributed by atoms with Gasteiger partial charge in [0.25, 0.3) is 0 Å². The van der Waals surface area contributed by atoms with Gasteiger partial charge in [0, 0.05) is 6.20 Å². The number of aromatic nitrogens is 2. The fourth-order valence-corrected chi connectivity index (χ4v) is 1.33. The zero-order chi connectivity index (χ0) is 11.9. The van der Waals surface area contributed by atoms with Gasteiger partial charge >= 0.3 is 6.01 Å². The van der Waals surface area contributed by atoms with Crippen LogP contribution in [0, 0.1) is 0 Å². The molecule has 17 heavy (non-hydrogen) atoms. The van der Waals surface area contributed by atoms with Crippen LogP contribution >= 0.6 is 0 Å². The summed E-state index contributed by atoms with van der Waals surface area (Å²) in [6.07, 6.45) is 1.67. The summed E-state index contributed by atoms with van der Waals surface area (Å²) in [7, 11) is 0. The number of benzene rings is 1. The molecule has 0 aliphatic rings. The molecule has 2 aromatic rings. The van der Waals surface area contributed by atoms with Crippen molar-refractivity contribution in [2.24, 2.45) is 0 Å². The third kappa shape index (κ3) is 3.45. The molecular formula is C13H14N2O2. The fourth-order valence-electron chi connectivity index (χ4n) is 1.33. The Morgan fingerprint density at radius 2 is 1.88 bits per heavy atom. The second-order valence-electron chi connectivity index (χ2n) is 3.37. The van der Waals surface area contributed by atoms with Gasteiger partial charge in [-0.2, -0.15) is 4.98 Å². The first-order valence-electron chi connectivity index (χ1n) is 5.51. The van der Waals surface area contributed by atoms with E-state index in [1.807, 2.05) is 43.3 Å². The molecule has 0 saturated carbocycles. The lowest BCUT2D eigenvalue weighted by Crippen LogP contribution is -2.02. The average Bonchev–Trinajstić information content (AvgIpc) is 2.39. The standard InChI is InChI=1S/C13H14N2O2/c1-2-16-13-14-9-8-11(15-13)10-17-12-6-4-3-5-7-12/h3-9H,2,10H2,1H3. The zero-order valence-corrected chi connectivity index (χ0v) is 9.67. The summed E-state index contributed by atoms with van der Waals surface area (Å²) in [4.78, 5) is 8.21. The highest BCUT2D eigenvalue weighted by atomic mass is 16.5. The van der Waals surface area contributed by atoms with Crippen LogP contribution in [-0.4, -0.2) is 16.6 Å². The van der Waals surface area contributed by atoms with Crippen LogP contribution in [0.25, 0.3) is 0 Å². The van der Waals surface area contributed by atoms with Crippen molar-refractivity contribution in [1.82, 2.24) is 9.97 Å². The number of hydrogen-bond acceptors (Lipinski definition) is 4. The maximum absolute atomic E-state index is 5.58. The van der Waals surface area contributed by atoms with Crippen LogP contribution in [0.4, 0.5) is 0 Å². The Kier molecular flexibility index (Phi) is 3.91. The predicted octanol–water partition coefficient (Wildman–Crippen LogP) is 2.45. The van der Waals surface area contributed by atoms with Gasteiger partial charge in [0.1, 0.15) is 12.4 Å². The second kappa shape index (κ2) is 5.84. The minimum atomic E-state index is 0.390. The molecule has 4 nitrogen and oxygen atoms in total. The van der Waals surface area contributed by atoms with Gasteiger partial charge in [-0.15, -0.1) is 0 Å². The van der Waals surface area contributed by atoms with Crippen molar-refractivity contribution in [3.63, 3.8) is 0 Å². The van der Waals surface area contributed by atoms with E-state index >= 15 is 0 Å². The third-order valence-corrected chi connectivity index (χ3v) is 2.09. The Morgan fingerprint density at radius 3 is 2.65 bits per heavy atom. The van der Waals surface area contributed by atoms with E-state index in [4.69, 9.17) is 9.47 Å². The maximum Gasteiger partial charge on any atom is 0.316 e. The number of ether oxygens (including phenoxy) is 2. The Bertz CT molecular complexity index is 460. The van der Waals surface area contributed by atoms with Gasteiger partial charge in [-0.05, 0) is 25.1 Å². The van der Waals surface area contributed by atoms with E-state index in [2.05, 4.69) is 9.97 Å². The molecule has 1 aromatic heterocycles. The fraction of sp³-hybridized carbons (Fsp3) is 0.231. The van der Waals surface area contributed by atoms with Crippen molar-refractivity contribution >= 4 is 0 Å². The van der Waals surface area contributed by atoms with E-state index in [-0.39, 0.29) is 0 Å². The first-order chi connectivity index (χ1) is 8.38. The number of hydrogen-bond donors (Lipinski definition) is 0. The summed E-state index contributed by atoms with van der Waals surface area (Å²) in [5.74, 6) is 0.823. The molecule has 0 aliphatic carbocycles. The normalized spacial score (nSPS) is 9.94. The molecular weight excluding hydrogens is 216 g/mol. The first-order valence-corrected chi connectivity index (χ1v) is 5.51. The Morgan fingerprint density at radius 1 is 1.06 bits per heavy atom. The molecule has 0 atom stereocenters. The highest BCUT2D eigenvalue weighted by Gasteiger charge is 2.00. The molecule has 0 saturated heterocycles. The minimum Gasteiger partial charge on any atom is -0.487 e. The van der Waals surface area contributed by atoms with Crippen LogP contribution in [0.3, 0.4) is 0 Å². The van der Waals surface area contributed by atoms with Gasteiger partial charge in [0.15, 0.2) is 0 Å². The Balaban J connectivity index is 1.97. The van der Waals surface area contributed by atoms with Gasteiger partial charge < -0.3 is 9.47 Å². The van der Waals surface area contributed by atoms with Crippen LogP contribution in [0.5, 0.6) is 11.8 Å². The van der Waals surface area contributed by atoms with Crippen LogP contribution in [0.15, 0.2) is 42.6 Å². The number of rotatable bonds is 5. The van der Waals surface area contributed by atoms with E-state index in [0.717, 1.165) is 11.4 Å². The summed E-state index contributed by atoms with van der Waals surface area (Å²) < 4.78 is 10.8. The van der Waals surface area contributed by atoms with Crippen molar-refractivity contribution < 1.29 is 9.47 Å². The molecule has 0 unspecified atom stereocenters. The summed E-state index contributed by atoms with van der Waals surface area (Å²) >= 11 is 0. The topological polar surface area (TPSA) is 44.2 Å². The molecule has 88 valence electrons. The molecule has 2 rings (SSSR count). The number of nitrogens with zero attached hydrogens (tertiary/aromatic N) is 2. The van der Waals surface area contributed by atoms with Gasteiger partial charge in [-0.3, -0.25) is 0 Å². The summed E-state index contributed by atoms with van der Waals surface area (Å²) in [5, 5.41) is 0. The first kappa shape index (κ1) is 11.4. The van der Waals surface area contributed by atoms with Gasteiger partial charge in [0.2, 0.25) is 0 Å². The van der Waals surface area contributed by atoms with E-state index in [9.17, 15) is 0 Å². The molecule has 0 aliphatic heterocycles. The molecule has 1 heterocycles. The van der Waals surface area contributed by atoms with Gasteiger partial charge in [-0.25, -0.2) is 4.98 Å². The van der Waals surface area contributed by atoms with Crippen molar-refractivity contribution in [3.05, 3.63) is 48.3 Å².